The van der Waals surface area contributed by atoms with Gasteiger partial charge in [-0.1, -0.05) is 30.3 Å². The highest BCUT2D eigenvalue weighted by Crippen LogP contribution is 2.17. The van der Waals surface area contributed by atoms with Crippen molar-refractivity contribution in [1.29, 1.82) is 0 Å². The summed E-state index contributed by atoms with van der Waals surface area (Å²) in [6.45, 7) is 0.445. The van der Waals surface area contributed by atoms with Crippen LogP contribution in [-0.4, -0.2) is 18.0 Å². The molecule has 1 aliphatic rings. The second kappa shape index (κ2) is 6.19. The summed E-state index contributed by atoms with van der Waals surface area (Å²) in [6.07, 6.45) is 1.88. The zero-order chi connectivity index (χ0) is 12.8. The van der Waals surface area contributed by atoms with Crippen LogP contribution in [0, 0.1) is 0 Å². The summed E-state index contributed by atoms with van der Waals surface area (Å²) in [7, 11) is 0. The quantitative estimate of drug-likeness (QED) is 0.892. The van der Waals surface area contributed by atoms with Gasteiger partial charge in [0.15, 0.2) is 0 Å². The molecule has 1 fully saturated rings. The second-order valence-corrected chi connectivity index (χ2v) is 4.50. The minimum atomic E-state index is -0.446. The van der Waals surface area contributed by atoms with Gasteiger partial charge in [-0.25, -0.2) is 4.79 Å². The van der Waals surface area contributed by atoms with E-state index in [2.05, 4.69) is 5.32 Å². The zero-order valence-corrected chi connectivity index (χ0v) is 10.2. The lowest BCUT2D eigenvalue weighted by Gasteiger charge is -2.21. The van der Waals surface area contributed by atoms with Crippen LogP contribution in [-0.2, 0) is 16.1 Å². The predicted octanol–water partition coefficient (Wildman–Crippen LogP) is 2.42. The van der Waals surface area contributed by atoms with Crippen LogP contribution in [0.3, 0.4) is 0 Å². The Labute approximate surface area is 106 Å². The minimum Gasteiger partial charge on any atom is -0.446 e. The van der Waals surface area contributed by atoms with Gasteiger partial charge in [-0.2, -0.15) is 0 Å². The van der Waals surface area contributed by atoms with Crippen LogP contribution in [0.25, 0.3) is 0 Å². The molecule has 0 aliphatic heterocycles. The number of alkyl carbamates (subject to hydrolysis) is 1. The molecular weight excluding hydrogens is 230 g/mol. The van der Waals surface area contributed by atoms with Crippen LogP contribution >= 0.6 is 0 Å². The molecule has 1 aromatic carbocycles. The molecular formula is C14H17NO3. The Morgan fingerprint density at radius 1 is 1.33 bits per heavy atom. The number of ketones is 1. The molecule has 1 N–H and O–H groups in total. The average Bonchev–Trinajstić information content (AvgIpc) is 2.38. The van der Waals surface area contributed by atoms with Crippen molar-refractivity contribution in [3.05, 3.63) is 35.9 Å². The summed E-state index contributed by atoms with van der Waals surface area (Å²) in [5.74, 6) is 0.183. The Hall–Kier alpha value is -1.84. The maximum Gasteiger partial charge on any atom is 0.407 e. The molecule has 0 spiro atoms. The van der Waals surface area contributed by atoms with E-state index in [0.29, 0.717) is 19.4 Å². The van der Waals surface area contributed by atoms with Crippen molar-refractivity contribution in [2.45, 2.75) is 38.3 Å². The Morgan fingerprint density at radius 2 is 2.11 bits per heavy atom. The SMILES string of the molecule is O=C1CCC[C@@H](OC(=O)NCc2ccccc2)C1. The number of rotatable bonds is 3. The number of amides is 1. The van der Waals surface area contributed by atoms with Crippen molar-refractivity contribution in [1.82, 2.24) is 5.32 Å². The van der Waals surface area contributed by atoms with Gasteiger partial charge in [0, 0.05) is 19.4 Å². The van der Waals surface area contributed by atoms with E-state index in [1.165, 1.54) is 0 Å². The molecule has 0 unspecified atom stereocenters. The predicted molar refractivity (Wildman–Crippen MR) is 67.0 cm³/mol. The molecule has 1 amide bonds. The molecule has 4 heteroatoms. The molecule has 1 aliphatic carbocycles. The minimum absolute atomic E-state index is 0.183. The molecule has 18 heavy (non-hydrogen) atoms. The van der Waals surface area contributed by atoms with Crippen molar-refractivity contribution >= 4 is 11.9 Å². The third-order valence-electron chi connectivity index (χ3n) is 2.99. The molecule has 1 atom stereocenters. The van der Waals surface area contributed by atoms with Crippen molar-refractivity contribution < 1.29 is 14.3 Å². The van der Waals surface area contributed by atoms with E-state index < -0.39 is 6.09 Å². The first-order chi connectivity index (χ1) is 8.74. The van der Waals surface area contributed by atoms with Crippen LogP contribution in [0.1, 0.15) is 31.2 Å². The van der Waals surface area contributed by atoms with E-state index in [0.717, 1.165) is 18.4 Å². The smallest absolute Gasteiger partial charge is 0.407 e. The Bertz CT molecular complexity index is 416. The highest BCUT2D eigenvalue weighted by molar-refractivity contribution is 5.80. The molecule has 0 bridgehead atoms. The summed E-state index contributed by atoms with van der Waals surface area (Å²) in [4.78, 5) is 22.8. The van der Waals surface area contributed by atoms with E-state index >= 15 is 0 Å². The van der Waals surface area contributed by atoms with E-state index in [1.54, 1.807) is 0 Å². The molecule has 4 nitrogen and oxygen atoms in total. The molecule has 0 saturated heterocycles. The largest absolute Gasteiger partial charge is 0.446 e. The highest BCUT2D eigenvalue weighted by atomic mass is 16.6. The first kappa shape index (κ1) is 12.6. The lowest BCUT2D eigenvalue weighted by molar-refractivity contribution is -0.123. The first-order valence-electron chi connectivity index (χ1n) is 6.24. The fourth-order valence-electron chi connectivity index (χ4n) is 2.05. The van der Waals surface area contributed by atoms with Crippen LogP contribution in [0.5, 0.6) is 0 Å². The number of hydrogen-bond acceptors (Lipinski definition) is 3. The Balaban J connectivity index is 1.73. The average molecular weight is 247 g/mol. The van der Waals surface area contributed by atoms with Crippen LogP contribution in [0.4, 0.5) is 4.79 Å². The number of carbonyl (C=O) groups is 2. The third-order valence-corrected chi connectivity index (χ3v) is 2.99. The van der Waals surface area contributed by atoms with Gasteiger partial charge in [-0.3, -0.25) is 4.79 Å². The van der Waals surface area contributed by atoms with Crippen LogP contribution < -0.4 is 5.32 Å². The third kappa shape index (κ3) is 3.87. The standard InChI is InChI=1S/C14H17NO3/c16-12-7-4-8-13(9-12)18-14(17)15-10-11-5-2-1-3-6-11/h1-3,5-6,13H,4,7-10H2,(H,15,17)/t13-/m1/s1. The molecule has 1 saturated carbocycles. The number of nitrogens with one attached hydrogen (secondary N) is 1. The lowest BCUT2D eigenvalue weighted by atomic mass is 9.97. The van der Waals surface area contributed by atoms with Crippen LogP contribution in [0.15, 0.2) is 30.3 Å². The van der Waals surface area contributed by atoms with Gasteiger partial charge >= 0.3 is 6.09 Å². The number of ether oxygens (including phenoxy) is 1. The second-order valence-electron chi connectivity index (χ2n) is 4.50. The summed E-state index contributed by atoms with van der Waals surface area (Å²) in [5, 5.41) is 2.69. The molecule has 96 valence electrons. The van der Waals surface area contributed by atoms with E-state index in [-0.39, 0.29) is 11.9 Å². The fraction of sp³-hybridized carbons (Fsp3) is 0.429. The Kier molecular flexibility index (Phi) is 4.34. The molecule has 2 rings (SSSR count). The number of hydrogen-bond donors (Lipinski definition) is 1. The number of Topliss-reactive ketones (excluding diaryl/α,β-unsaturated/α-hetero) is 1. The van der Waals surface area contributed by atoms with Crippen LogP contribution in [0.2, 0.25) is 0 Å². The van der Waals surface area contributed by atoms with Gasteiger partial charge in [0.25, 0.3) is 0 Å². The van der Waals surface area contributed by atoms with Gasteiger partial charge in [0.1, 0.15) is 11.9 Å². The molecule has 0 aromatic heterocycles. The van der Waals surface area contributed by atoms with Gasteiger partial charge in [0.2, 0.25) is 0 Å². The van der Waals surface area contributed by atoms with Crippen molar-refractivity contribution in [2.24, 2.45) is 0 Å². The monoisotopic (exact) mass is 247 g/mol. The Morgan fingerprint density at radius 3 is 2.83 bits per heavy atom. The summed E-state index contributed by atoms with van der Waals surface area (Å²) in [6, 6.07) is 9.63. The molecule has 0 radical (unpaired) electrons. The highest BCUT2D eigenvalue weighted by Gasteiger charge is 2.22. The normalized spacial score (nSPS) is 19.3. The molecule has 1 aromatic rings. The van der Waals surface area contributed by atoms with Crippen molar-refractivity contribution in [3.8, 4) is 0 Å². The van der Waals surface area contributed by atoms with E-state index in [4.69, 9.17) is 4.74 Å². The zero-order valence-electron chi connectivity index (χ0n) is 10.2. The maximum absolute atomic E-state index is 11.5. The number of carbonyl (C=O) groups excluding carboxylic acids is 2. The van der Waals surface area contributed by atoms with Crippen molar-refractivity contribution in [2.75, 3.05) is 0 Å². The summed E-state index contributed by atoms with van der Waals surface area (Å²) < 4.78 is 5.21. The van der Waals surface area contributed by atoms with E-state index in [1.807, 2.05) is 30.3 Å². The van der Waals surface area contributed by atoms with Gasteiger partial charge < -0.3 is 10.1 Å². The van der Waals surface area contributed by atoms with Gasteiger partial charge in [-0.15, -0.1) is 0 Å². The van der Waals surface area contributed by atoms with Gasteiger partial charge in [-0.05, 0) is 18.4 Å². The lowest BCUT2D eigenvalue weighted by Crippen LogP contribution is -2.31. The topological polar surface area (TPSA) is 55.4 Å². The number of benzene rings is 1. The van der Waals surface area contributed by atoms with Crippen molar-refractivity contribution in [3.63, 3.8) is 0 Å². The van der Waals surface area contributed by atoms with E-state index in [9.17, 15) is 9.59 Å². The first-order valence-corrected chi connectivity index (χ1v) is 6.24. The summed E-state index contributed by atoms with van der Waals surface area (Å²) in [5.41, 5.74) is 1.02. The van der Waals surface area contributed by atoms with Gasteiger partial charge in [0.05, 0.1) is 0 Å². The molecule has 0 heterocycles. The maximum atomic E-state index is 11.5. The summed E-state index contributed by atoms with van der Waals surface area (Å²) >= 11 is 0. The fourth-order valence-corrected chi connectivity index (χ4v) is 2.05.